The van der Waals surface area contributed by atoms with Gasteiger partial charge in [-0.25, -0.2) is 9.97 Å². The van der Waals surface area contributed by atoms with E-state index in [2.05, 4.69) is 52.3 Å². The van der Waals surface area contributed by atoms with Crippen molar-refractivity contribution in [3.8, 4) is 0 Å². The predicted octanol–water partition coefficient (Wildman–Crippen LogP) is 4.39. The lowest BCUT2D eigenvalue weighted by molar-refractivity contribution is -0.133. The van der Waals surface area contributed by atoms with Crippen LogP contribution in [0.25, 0.3) is 11.0 Å². The zero-order valence-corrected chi connectivity index (χ0v) is 31.3. The van der Waals surface area contributed by atoms with Crippen LogP contribution in [0.5, 0.6) is 0 Å². The molecule has 1 aromatic carbocycles. The molecule has 1 unspecified atom stereocenters. The topological polar surface area (TPSA) is 144 Å². The Balaban J connectivity index is 0.829. The molecule has 3 aromatic heterocycles. The third-order valence-corrected chi connectivity index (χ3v) is 11.6. The van der Waals surface area contributed by atoms with Gasteiger partial charge in [-0.1, -0.05) is 31.0 Å². The van der Waals surface area contributed by atoms with Gasteiger partial charge in [0.25, 0.3) is 5.91 Å². The molecular weight excluding hydrogens is 683 g/mol. The lowest BCUT2D eigenvalue weighted by Crippen LogP contribution is -2.53. The van der Waals surface area contributed by atoms with E-state index in [-0.39, 0.29) is 29.8 Å². The molecule has 14 heteroatoms. The molecule has 3 saturated heterocycles. The number of piperidine rings is 2. The van der Waals surface area contributed by atoms with Crippen molar-refractivity contribution in [2.45, 2.75) is 76.0 Å². The second-order valence-corrected chi connectivity index (χ2v) is 15.4. The average molecular weight is 734 g/mol. The third kappa shape index (κ3) is 7.76. The molecule has 3 N–H and O–H groups in total. The number of aromatic nitrogens is 4. The number of pyridine rings is 1. The number of hydrogen-bond donors (Lipinski definition) is 3. The second-order valence-electron chi connectivity index (χ2n) is 15.4. The first-order valence-electron chi connectivity index (χ1n) is 19.5. The van der Waals surface area contributed by atoms with E-state index in [0.29, 0.717) is 36.3 Å². The fraction of sp³-hybridized carbons (Fsp3) is 0.500. The van der Waals surface area contributed by atoms with E-state index in [1.807, 2.05) is 36.5 Å². The number of carbonyl (C=O) groups excluding carboxylic acids is 3. The zero-order chi connectivity index (χ0) is 37.2. The number of benzene rings is 1. The summed E-state index contributed by atoms with van der Waals surface area (Å²) < 4.78 is 2.13. The van der Waals surface area contributed by atoms with Crippen molar-refractivity contribution < 1.29 is 14.4 Å². The van der Waals surface area contributed by atoms with Gasteiger partial charge in [0, 0.05) is 95.7 Å². The minimum atomic E-state index is -0.385. The molecule has 8 rings (SSSR count). The first-order chi connectivity index (χ1) is 26.3. The van der Waals surface area contributed by atoms with Crippen molar-refractivity contribution in [2.75, 3.05) is 68.9 Å². The highest BCUT2D eigenvalue weighted by Crippen LogP contribution is 2.35. The van der Waals surface area contributed by atoms with Gasteiger partial charge in [-0.2, -0.15) is 4.98 Å². The molecule has 284 valence electrons. The monoisotopic (exact) mass is 733 g/mol. The molecule has 54 heavy (non-hydrogen) atoms. The van der Waals surface area contributed by atoms with E-state index in [1.54, 1.807) is 25.2 Å². The number of para-hydroxylation sites is 1. The molecule has 4 aliphatic rings. The van der Waals surface area contributed by atoms with Crippen LogP contribution < -0.4 is 20.9 Å². The largest absolute Gasteiger partial charge is 0.373 e. The summed E-state index contributed by atoms with van der Waals surface area (Å²) in [5.41, 5.74) is 4.71. The summed E-state index contributed by atoms with van der Waals surface area (Å²) in [7, 11) is 3.57. The molecule has 1 aliphatic carbocycles. The van der Waals surface area contributed by atoms with Crippen LogP contribution in [0.1, 0.15) is 73.5 Å². The van der Waals surface area contributed by atoms with Gasteiger partial charge < -0.3 is 25.0 Å². The fourth-order valence-corrected chi connectivity index (χ4v) is 8.59. The highest BCUT2D eigenvalue weighted by atomic mass is 16.2. The van der Waals surface area contributed by atoms with E-state index in [9.17, 15) is 14.4 Å². The Bertz CT molecular complexity index is 1970. The first kappa shape index (κ1) is 35.9. The molecule has 0 bridgehead atoms. The Hall–Kier alpha value is -5.08. The van der Waals surface area contributed by atoms with Crippen LogP contribution in [0.4, 0.5) is 23.1 Å². The minimum absolute atomic E-state index is 0.0184. The van der Waals surface area contributed by atoms with Crippen LogP contribution in [0.3, 0.4) is 0 Å². The van der Waals surface area contributed by atoms with Gasteiger partial charge in [-0.15, -0.1) is 0 Å². The van der Waals surface area contributed by atoms with Crippen LogP contribution in [0, 0.1) is 0 Å². The Morgan fingerprint density at radius 3 is 2.39 bits per heavy atom. The summed E-state index contributed by atoms with van der Waals surface area (Å²) in [5, 5.41) is 10.0. The smallest absolute Gasteiger partial charge is 0.270 e. The van der Waals surface area contributed by atoms with Crippen molar-refractivity contribution in [1.82, 2.24) is 39.5 Å². The number of fused-ring (bicyclic) bond motifs is 1. The number of piperazine rings is 1. The molecule has 4 aromatic rings. The third-order valence-electron chi connectivity index (χ3n) is 11.6. The fourth-order valence-electron chi connectivity index (χ4n) is 8.59. The molecule has 0 spiro atoms. The molecule has 1 saturated carbocycles. The van der Waals surface area contributed by atoms with Crippen LogP contribution >= 0.6 is 0 Å². The lowest BCUT2D eigenvalue weighted by Gasteiger charge is -2.43. The van der Waals surface area contributed by atoms with Crippen molar-refractivity contribution in [3.05, 3.63) is 66.1 Å². The molecule has 6 heterocycles. The maximum absolute atomic E-state index is 13.1. The van der Waals surface area contributed by atoms with Gasteiger partial charge in [-0.3, -0.25) is 29.5 Å². The summed E-state index contributed by atoms with van der Waals surface area (Å²) in [6, 6.07) is 14.7. The van der Waals surface area contributed by atoms with Gasteiger partial charge in [0.1, 0.15) is 23.2 Å². The van der Waals surface area contributed by atoms with Crippen LogP contribution in [-0.2, 0) is 16.1 Å². The normalized spacial score (nSPS) is 20.7. The molecule has 3 aliphatic heterocycles. The summed E-state index contributed by atoms with van der Waals surface area (Å²) in [6.07, 6.45) is 11.3. The molecule has 14 nitrogen and oxygen atoms in total. The number of rotatable bonds is 10. The van der Waals surface area contributed by atoms with Crippen molar-refractivity contribution in [1.29, 1.82) is 0 Å². The molecule has 4 fully saturated rings. The van der Waals surface area contributed by atoms with Crippen LogP contribution in [-0.4, -0.2) is 117 Å². The molecule has 1 atom stereocenters. The van der Waals surface area contributed by atoms with Gasteiger partial charge in [0.15, 0.2) is 0 Å². The number of amides is 3. The van der Waals surface area contributed by atoms with Crippen LogP contribution in [0.15, 0.2) is 54.9 Å². The summed E-state index contributed by atoms with van der Waals surface area (Å²) in [6.45, 7) is 6.90. The number of nitrogens with one attached hydrogen (secondary N) is 3. The summed E-state index contributed by atoms with van der Waals surface area (Å²) >= 11 is 0. The standard InChI is InChI=1S/C40H51N11O3/c1-47(2)39(54)34-23-28-24-42-40(46-37(28)51(34)30-8-4-5-9-30)44-35-13-11-31(25-41-35)49-17-15-29(16-18-49)50-21-19-48(20-22-50)26-27-7-3-6-10-32(27)43-33-12-14-36(52)45-38(33)53/h3,6-7,10-11,13,23-25,29-30,33,43H,4-5,8-9,12,14-22,26H2,1-2H3,(H,45,52,53)(H,41,42,44,46). The highest BCUT2D eigenvalue weighted by Gasteiger charge is 2.30. The number of nitrogens with zero attached hydrogens (tertiary/aromatic N) is 8. The maximum Gasteiger partial charge on any atom is 0.270 e. The van der Waals surface area contributed by atoms with Crippen LogP contribution in [0.2, 0.25) is 0 Å². The SMILES string of the molecule is CN(C)C(=O)c1cc2cnc(Nc3ccc(N4CCC(N5CCN(Cc6ccccc6NC6CCC(=O)NC6=O)CC5)CC4)cn3)nc2n1C1CCCC1. The Morgan fingerprint density at radius 1 is 0.889 bits per heavy atom. The van der Waals surface area contributed by atoms with Gasteiger partial charge in [0.05, 0.1) is 11.9 Å². The maximum atomic E-state index is 13.1. The first-order valence-corrected chi connectivity index (χ1v) is 19.5. The Morgan fingerprint density at radius 2 is 1.67 bits per heavy atom. The lowest BCUT2D eigenvalue weighted by atomic mass is 10.0. The summed E-state index contributed by atoms with van der Waals surface area (Å²) in [5.74, 6) is 0.694. The van der Waals surface area contributed by atoms with Gasteiger partial charge in [0.2, 0.25) is 17.8 Å². The molecule has 3 amide bonds. The van der Waals surface area contributed by atoms with E-state index >= 15 is 0 Å². The number of imide groups is 1. The van der Waals surface area contributed by atoms with E-state index in [1.165, 1.54) is 5.56 Å². The van der Waals surface area contributed by atoms with Crippen molar-refractivity contribution in [3.63, 3.8) is 0 Å². The highest BCUT2D eigenvalue weighted by molar-refractivity contribution is 6.01. The van der Waals surface area contributed by atoms with Gasteiger partial charge in [-0.05, 0) is 61.9 Å². The quantitative estimate of drug-likeness (QED) is 0.200. The van der Waals surface area contributed by atoms with Crippen molar-refractivity contribution in [2.24, 2.45) is 0 Å². The number of carbonyl (C=O) groups is 3. The Labute approximate surface area is 316 Å². The van der Waals surface area contributed by atoms with Gasteiger partial charge >= 0.3 is 0 Å². The zero-order valence-electron chi connectivity index (χ0n) is 31.3. The molecule has 0 radical (unpaired) electrons. The average Bonchev–Trinajstić information content (AvgIpc) is 3.85. The molecular formula is C40H51N11O3. The van der Waals surface area contributed by atoms with E-state index < -0.39 is 0 Å². The Kier molecular flexibility index (Phi) is 10.5. The predicted molar refractivity (Wildman–Crippen MR) is 209 cm³/mol. The van der Waals surface area contributed by atoms with E-state index in [0.717, 1.165) is 107 Å². The minimum Gasteiger partial charge on any atom is -0.373 e. The summed E-state index contributed by atoms with van der Waals surface area (Å²) in [4.78, 5) is 60.4. The number of hydrogen-bond acceptors (Lipinski definition) is 11. The number of anilines is 4. The second kappa shape index (κ2) is 15.7. The van der Waals surface area contributed by atoms with Crippen molar-refractivity contribution >= 4 is 51.9 Å². The van der Waals surface area contributed by atoms with E-state index in [4.69, 9.17) is 9.97 Å².